The van der Waals surface area contributed by atoms with Crippen molar-refractivity contribution in [2.45, 2.75) is 29.1 Å². The number of para-hydroxylation sites is 1. The van der Waals surface area contributed by atoms with Crippen molar-refractivity contribution in [3.05, 3.63) is 156 Å². The van der Waals surface area contributed by atoms with Crippen LogP contribution in [0.5, 0.6) is 0 Å². The summed E-state index contributed by atoms with van der Waals surface area (Å²) in [6.45, 7) is 4.55. The van der Waals surface area contributed by atoms with E-state index in [1.54, 1.807) is 11.8 Å². The van der Waals surface area contributed by atoms with Crippen molar-refractivity contribution in [2.75, 3.05) is 0 Å². The minimum absolute atomic E-state index is 0.290. The molecule has 226 valence electrons. The maximum absolute atomic E-state index is 10.1. The van der Waals surface area contributed by atoms with Crippen LogP contribution < -0.4 is 0 Å². The summed E-state index contributed by atoms with van der Waals surface area (Å²) in [7, 11) is 0. The predicted octanol–water partition coefficient (Wildman–Crippen LogP) is 11.6. The topological polar surface area (TPSA) is 49.6 Å². The molecule has 8 aromatic rings. The van der Waals surface area contributed by atoms with Gasteiger partial charge < -0.3 is 0 Å². The van der Waals surface area contributed by atoms with Gasteiger partial charge in [0, 0.05) is 31.7 Å². The van der Waals surface area contributed by atoms with Gasteiger partial charge in [-0.15, -0.1) is 0 Å². The van der Waals surface area contributed by atoms with E-state index in [2.05, 4.69) is 147 Å². The quantitative estimate of drug-likeness (QED) is 0.182. The summed E-state index contributed by atoms with van der Waals surface area (Å²) in [5, 5.41) is 15.9. The first-order valence-corrected chi connectivity index (χ1v) is 17.0. The molecule has 0 bridgehead atoms. The molecule has 0 fully saturated rings. The molecule has 0 spiro atoms. The molecule has 0 atom stereocenters. The van der Waals surface area contributed by atoms with Gasteiger partial charge in [0.05, 0.1) is 16.8 Å². The van der Waals surface area contributed by atoms with Gasteiger partial charge >= 0.3 is 0 Å². The number of hydrogen-bond donors (Lipinski definition) is 0. The Morgan fingerprint density at radius 3 is 2.17 bits per heavy atom. The maximum atomic E-state index is 10.1. The number of hydrogen-bond acceptors (Lipinski definition) is 4. The standard InChI is InChI=1S/C44H29N3S/c1-44(2)37-19-8-10-21-39(37)48-42-30(26-45)22-23-32(40(42)44)27-13-11-14-29(24-27)41-35-18-7-9-20-38(35)46-43(47-41)36-25-28-12-3-4-15-31(28)33-16-5-6-17-34(33)36/h3-25H,1-2H3. The Morgan fingerprint density at radius 2 is 1.31 bits per heavy atom. The third kappa shape index (κ3) is 4.36. The highest BCUT2D eigenvalue weighted by Gasteiger charge is 2.36. The molecule has 0 aliphatic carbocycles. The highest BCUT2D eigenvalue weighted by atomic mass is 32.2. The molecule has 3 nitrogen and oxygen atoms in total. The zero-order valence-corrected chi connectivity index (χ0v) is 27.3. The van der Waals surface area contributed by atoms with Crippen LogP contribution in [-0.2, 0) is 5.41 Å². The highest BCUT2D eigenvalue weighted by Crippen LogP contribution is 2.53. The Kier molecular flexibility index (Phi) is 6.47. The number of rotatable bonds is 3. The molecule has 1 aromatic heterocycles. The van der Waals surface area contributed by atoms with Crippen LogP contribution in [0.2, 0.25) is 0 Å². The first-order chi connectivity index (χ1) is 23.5. The van der Waals surface area contributed by atoms with Crippen molar-refractivity contribution < 1.29 is 0 Å². The van der Waals surface area contributed by atoms with Crippen LogP contribution in [-0.4, -0.2) is 9.97 Å². The molecule has 1 aliphatic rings. The van der Waals surface area contributed by atoms with Crippen LogP contribution in [0.25, 0.3) is 66.2 Å². The molecule has 0 amide bonds. The number of fused-ring (bicyclic) bond motifs is 6. The summed E-state index contributed by atoms with van der Waals surface area (Å²) in [5.74, 6) is 0.709. The summed E-state index contributed by atoms with van der Waals surface area (Å²) in [6.07, 6.45) is 0. The molecule has 0 unspecified atom stereocenters. The van der Waals surface area contributed by atoms with E-state index >= 15 is 0 Å². The van der Waals surface area contributed by atoms with Gasteiger partial charge in [-0.2, -0.15) is 5.26 Å². The van der Waals surface area contributed by atoms with Crippen LogP contribution >= 0.6 is 11.8 Å². The molecule has 4 heteroatoms. The van der Waals surface area contributed by atoms with Crippen molar-refractivity contribution in [1.29, 1.82) is 5.26 Å². The number of nitriles is 1. The van der Waals surface area contributed by atoms with Gasteiger partial charge in [0.15, 0.2) is 5.82 Å². The van der Waals surface area contributed by atoms with Crippen LogP contribution in [0.3, 0.4) is 0 Å². The summed E-state index contributed by atoms with van der Waals surface area (Å²) in [4.78, 5) is 12.7. The normalized spacial score (nSPS) is 13.3. The Labute approximate surface area is 283 Å². The minimum atomic E-state index is -0.290. The Bertz CT molecular complexity index is 2650. The Balaban J connectivity index is 1.26. The lowest BCUT2D eigenvalue weighted by atomic mass is 9.74. The Hall–Kier alpha value is -5.76. The van der Waals surface area contributed by atoms with E-state index in [1.807, 2.05) is 12.1 Å². The van der Waals surface area contributed by atoms with Crippen molar-refractivity contribution in [1.82, 2.24) is 9.97 Å². The fraction of sp³-hybridized carbons (Fsp3) is 0.0682. The summed E-state index contributed by atoms with van der Waals surface area (Å²) in [6, 6.07) is 51.4. The number of benzene rings is 7. The zero-order valence-electron chi connectivity index (χ0n) is 26.5. The van der Waals surface area contributed by atoms with Gasteiger partial charge in [-0.05, 0) is 74.1 Å². The lowest BCUT2D eigenvalue weighted by molar-refractivity contribution is 0.608. The lowest BCUT2D eigenvalue weighted by Crippen LogP contribution is -2.25. The molecule has 0 saturated carbocycles. The third-order valence-electron chi connectivity index (χ3n) is 9.73. The van der Waals surface area contributed by atoms with Gasteiger partial charge in [0.1, 0.15) is 6.07 Å². The SMILES string of the molecule is CC1(C)c2ccccc2Sc2c(C#N)ccc(-c3cccc(-c4nc(-c5cc6ccccc6c6ccccc56)nc5ccccc45)c3)c21. The van der Waals surface area contributed by atoms with E-state index in [0.717, 1.165) is 49.1 Å². The molecule has 2 heterocycles. The molecule has 0 saturated heterocycles. The van der Waals surface area contributed by atoms with E-state index in [4.69, 9.17) is 9.97 Å². The van der Waals surface area contributed by atoms with Gasteiger partial charge in [0.25, 0.3) is 0 Å². The summed E-state index contributed by atoms with van der Waals surface area (Å²) in [5.41, 5.74) is 8.98. The second kappa shape index (κ2) is 10.9. The molecular formula is C44H29N3S. The van der Waals surface area contributed by atoms with Gasteiger partial charge in [0.2, 0.25) is 0 Å². The van der Waals surface area contributed by atoms with Gasteiger partial charge in [-0.1, -0.05) is 135 Å². The highest BCUT2D eigenvalue weighted by molar-refractivity contribution is 7.99. The molecule has 48 heavy (non-hydrogen) atoms. The van der Waals surface area contributed by atoms with Crippen LogP contribution in [0.4, 0.5) is 0 Å². The maximum Gasteiger partial charge on any atom is 0.161 e. The van der Waals surface area contributed by atoms with Crippen molar-refractivity contribution in [3.63, 3.8) is 0 Å². The van der Waals surface area contributed by atoms with Gasteiger partial charge in [-0.3, -0.25) is 0 Å². The van der Waals surface area contributed by atoms with Crippen LogP contribution in [0.15, 0.2) is 149 Å². The van der Waals surface area contributed by atoms with Crippen molar-refractivity contribution >= 4 is 44.2 Å². The Morgan fingerprint density at radius 1 is 0.604 bits per heavy atom. The number of aromatic nitrogens is 2. The van der Waals surface area contributed by atoms with E-state index in [0.29, 0.717) is 11.4 Å². The first-order valence-electron chi connectivity index (χ1n) is 16.1. The second-order valence-electron chi connectivity index (χ2n) is 12.9. The average molecular weight is 632 g/mol. The summed E-state index contributed by atoms with van der Waals surface area (Å²) >= 11 is 1.71. The molecule has 0 N–H and O–H groups in total. The molecule has 9 rings (SSSR count). The van der Waals surface area contributed by atoms with E-state index in [-0.39, 0.29) is 5.41 Å². The second-order valence-corrected chi connectivity index (χ2v) is 13.9. The lowest BCUT2D eigenvalue weighted by Gasteiger charge is -2.36. The predicted molar refractivity (Wildman–Crippen MR) is 198 cm³/mol. The van der Waals surface area contributed by atoms with E-state index in [9.17, 15) is 5.26 Å². The van der Waals surface area contributed by atoms with E-state index < -0.39 is 0 Å². The monoisotopic (exact) mass is 631 g/mol. The average Bonchev–Trinajstić information content (AvgIpc) is 3.13. The van der Waals surface area contributed by atoms with Crippen LogP contribution in [0, 0.1) is 11.3 Å². The van der Waals surface area contributed by atoms with Crippen molar-refractivity contribution in [2.24, 2.45) is 0 Å². The van der Waals surface area contributed by atoms with Crippen LogP contribution in [0.1, 0.15) is 30.5 Å². The molecule has 1 aliphatic heterocycles. The summed E-state index contributed by atoms with van der Waals surface area (Å²) < 4.78 is 0. The van der Waals surface area contributed by atoms with Gasteiger partial charge in [-0.25, -0.2) is 9.97 Å². The largest absolute Gasteiger partial charge is 0.228 e. The molecule has 7 aromatic carbocycles. The molecule has 0 radical (unpaired) electrons. The first kappa shape index (κ1) is 28.5. The minimum Gasteiger partial charge on any atom is -0.228 e. The smallest absolute Gasteiger partial charge is 0.161 e. The van der Waals surface area contributed by atoms with E-state index in [1.165, 1.54) is 32.2 Å². The molecular weight excluding hydrogens is 603 g/mol. The number of nitrogens with zero attached hydrogens (tertiary/aromatic N) is 3. The zero-order chi connectivity index (χ0) is 32.4. The third-order valence-corrected chi connectivity index (χ3v) is 10.9. The van der Waals surface area contributed by atoms with Crippen molar-refractivity contribution in [3.8, 4) is 39.8 Å². The fourth-order valence-corrected chi connectivity index (χ4v) is 8.94. The fourth-order valence-electron chi connectivity index (χ4n) is 7.44.